The van der Waals surface area contributed by atoms with Crippen molar-refractivity contribution < 1.29 is 38.1 Å². The van der Waals surface area contributed by atoms with Gasteiger partial charge in [-0.2, -0.15) is 0 Å². The predicted molar refractivity (Wildman–Crippen MR) is 71.2 cm³/mol. The highest BCUT2D eigenvalue weighted by atomic mass is 16.7. The zero-order valence-electron chi connectivity index (χ0n) is 13.1. The molecule has 1 heterocycles. The molecule has 0 aromatic rings. The Labute approximate surface area is 128 Å². The summed E-state index contributed by atoms with van der Waals surface area (Å²) in [7, 11) is 1.18. The van der Waals surface area contributed by atoms with Gasteiger partial charge in [-0.3, -0.25) is 19.2 Å². The average molecular weight is 316 g/mol. The van der Waals surface area contributed by atoms with Crippen LogP contribution in [0.15, 0.2) is 0 Å². The molecule has 0 spiro atoms. The van der Waals surface area contributed by atoms with Crippen LogP contribution in [0, 0.1) is 5.41 Å². The van der Waals surface area contributed by atoms with Gasteiger partial charge in [-0.05, 0) is 13.3 Å². The average Bonchev–Trinajstić information content (AvgIpc) is 2.40. The Bertz CT molecular complexity index is 459. The molecule has 1 fully saturated rings. The third kappa shape index (κ3) is 3.96. The summed E-state index contributed by atoms with van der Waals surface area (Å²) in [4.78, 5) is 47.6. The van der Waals surface area contributed by atoms with E-state index in [1.165, 1.54) is 21.0 Å². The van der Waals surface area contributed by atoms with Crippen LogP contribution >= 0.6 is 0 Å². The molecule has 0 unspecified atom stereocenters. The van der Waals surface area contributed by atoms with Gasteiger partial charge in [0.15, 0.2) is 5.41 Å². The maximum atomic E-state index is 12.3. The largest absolute Gasteiger partial charge is 0.469 e. The summed E-state index contributed by atoms with van der Waals surface area (Å²) in [6.07, 6.45) is -1.04. The van der Waals surface area contributed by atoms with Crippen molar-refractivity contribution in [2.75, 3.05) is 13.7 Å². The van der Waals surface area contributed by atoms with Gasteiger partial charge < -0.3 is 18.9 Å². The highest BCUT2D eigenvalue weighted by Crippen LogP contribution is 2.39. The van der Waals surface area contributed by atoms with Gasteiger partial charge in [0.2, 0.25) is 0 Å². The number of ether oxygens (including phenoxy) is 4. The van der Waals surface area contributed by atoms with Crippen molar-refractivity contribution in [3.63, 3.8) is 0 Å². The molecule has 0 saturated carbocycles. The summed E-state index contributed by atoms with van der Waals surface area (Å²) in [5.41, 5.74) is -1.89. The smallest absolute Gasteiger partial charge is 0.327 e. The van der Waals surface area contributed by atoms with E-state index in [0.717, 1.165) is 0 Å². The summed E-state index contributed by atoms with van der Waals surface area (Å²) >= 11 is 0. The van der Waals surface area contributed by atoms with Gasteiger partial charge in [-0.15, -0.1) is 0 Å². The zero-order chi connectivity index (χ0) is 17.0. The monoisotopic (exact) mass is 316 g/mol. The Morgan fingerprint density at radius 3 is 2.09 bits per heavy atom. The molecule has 1 saturated heterocycles. The molecule has 0 amide bonds. The van der Waals surface area contributed by atoms with E-state index in [4.69, 9.17) is 14.2 Å². The lowest BCUT2D eigenvalue weighted by Crippen LogP contribution is -2.55. The van der Waals surface area contributed by atoms with E-state index in [9.17, 15) is 19.2 Å². The van der Waals surface area contributed by atoms with Crippen molar-refractivity contribution in [2.45, 2.75) is 45.8 Å². The van der Waals surface area contributed by atoms with E-state index < -0.39 is 41.5 Å². The van der Waals surface area contributed by atoms with Gasteiger partial charge in [-0.1, -0.05) is 0 Å². The Kier molecular flexibility index (Phi) is 5.51. The highest BCUT2D eigenvalue weighted by Gasteiger charge is 2.57. The van der Waals surface area contributed by atoms with Gasteiger partial charge in [0.1, 0.15) is 0 Å². The number of carbonyl (C=O) groups is 4. The predicted octanol–water partition coefficient (Wildman–Crippen LogP) is 0.715. The second-order valence-corrected chi connectivity index (χ2v) is 5.32. The molecular weight excluding hydrogens is 296 g/mol. The van der Waals surface area contributed by atoms with Gasteiger partial charge >= 0.3 is 23.9 Å². The number of carbonyl (C=O) groups excluding carboxylic acids is 4. The molecule has 0 aliphatic carbocycles. The van der Waals surface area contributed by atoms with E-state index in [0.29, 0.717) is 0 Å². The molecule has 1 aliphatic heterocycles. The van der Waals surface area contributed by atoms with Gasteiger partial charge in [0.25, 0.3) is 5.79 Å². The van der Waals surface area contributed by atoms with Crippen molar-refractivity contribution in [1.29, 1.82) is 0 Å². The minimum Gasteiger partial charge on any atom is -0.469 e. The van der Waals surface area contributed by atoms with Crippen LogP contribution in [0.25, 0.3) is 0 Å². The number of hydrogen-bond acceptors (Lipinski definition) is 8. The first kappa shape index (κ1) is 17.9. The quantitative estimate of drug-likeness (QED) is 0.401. The number of esters is 4. The summed E-state index contributed by atoms with van der Waals surface area (Å²) in [5.74, 6) is -4.61. The number of cyclic esters (lactones) is 2. The zero-order valence-corrected chi connectivity index (χ0v) is 13.1. The van der Waals surface area contributed by atoms with E-state index in [1.807, 2.05) is 0 Å². The molecule has 1 aliphatic rings. The fourth-order valence-corrected chi connectivity index (χ4v) is 2.06. The summed E-state index contributed by atoms with van der Waals surface area (Å²) in [6.45, 7) is 4.50. The number of methoxy groups -OCH3 is 1. The minimum atomic E-state index is -1.89. The first-order valence-corrected chi connectivity index (χ1v) is 6.86. The molecule has 8 heteroatoms. The van der Waals surface area contributed by atoms with Crippen LogP contribution in [-0.2, 0) is 38.1 Å². The SMILES string of the molecule is CCOC(=O)CC1(CCC(=O)OC)C(=O)OC(C)(C)OC1=O. The fraction of sp³-hybridized carbons (Fsp3) is 0.714. The van der Waals surface area contributed by atoms with Crippen molar-refractivity contribution in [2.24, 2.45) is 5.41 Å². The molecular formula is C14H20O8. The van der Waals surface area contributed by atoms with E-state index in [2.05, 4.69) is 4.74 Å². The Morgan fingerprint density at radius 2 is 1.64 bits per heavy atom. The van der Waals surface area contributed by atoms with E-state index in [-0.39, 0.29) is 19.4 Å². The van der Waals surface area contributed by atoms with Gasteiger partial charge in [0.05, 0.1) is 20.1 Å². The van der Waals surface area contributed by atoms with E-state index in [1.54, 1.807) is 6.92 Å². The maximum absolute atomic E-state index is 12.3. The van der Waals surface area contributed by atoms with Crippen LogP contribution in [0.5, 0.6) is 0 Å². The standard InChI is InChI=1S/C14H20O8/c1-5-20-10(16)8-14(7-6-9(15)19-4)11(17)21-13(2,3)22-12(14)18/h5-8H2,1-4H3. The topological polar surface area (TPSA) is 105 Å². The second-order valence-electron chi connectivity index (χ2n) is 5.32. The lowest BCUT2D eigenvalue weighted by atomic mass is 9.79. The molecule has 0 aromatic carbocycles. The Morgan fingerprint density at radius 1 is 1.09 bits per heavy atom. The maximum Gasteiger partial charge on any atom is 0.327 e. The normalized spacial score (nSPS) is 18.9. The Balaban J connectivity index is 3.04. The third-order valence-electron chi connectivity index (χ3n) is 3.19. The van der Waals surface area contributed by atoms with Crippen LogP contribution in [0.2, 0.25) is 0 Å². The Hall–Kier alpha value is -2.12. The molecule has 0 bridgehead atoms. The van der Waals surface area contributed by atoms with Crippen LogP contribution < -0.4 is 0 Å². The van der Waals surface area contributed by atoms with Crippen molar-refractivity contribution in [3.05, 3.63) is 0 Å². The fourth-order valence-electron chi connectivity index (χ4n) is 2.06. The van der Waals surface area contributed by atoms with Crippen LogP contribution in [0.1, 0.15) is 40.0 Å². The molecule has 22 heavy (non-hydrogen) atoms. The third-order valence-corrected chi connectivity index (χ3v) is 3.19. The molecule has 0 radical (unpaired) electrons. The van der Waals surface area contributed by atoms with Crippen molar-refractivity contribution >= 4 is 23.9 Å². The second kappa shape index (κ2) is 6.76. The summed E-state index contributed by atoms with van der Waals surface area (Å²) < 4.78 is 19.4. The van der Waals surface area contributed by atoms with Gasteiger partial charge in [-0.25, -0.2) is 0 Å². The molecule has 0 N–H and O–H groups in total. The number of hydrogen-bond donors (Lipinski definition) is 0. The van der Waals surface area contributed by atoms with Crippen molar-refractivity contribution in [3.8, 4) is 0 Å². The first-order chi connectivity index (χ1) is 10.2. The lowest BCUT2D eigenvalue weighted by molar-refractivity contribution is -0.252. The van der Waals surface area contributed by atoms with Crippen LogP contribution in [-0.4, -0.2) is 43.4 Å². The molecule has 1 rings (SSSR count). The number of rotatable bonds is 6. The summed E-state index contributed by atoms with van der Waals surface area (Å²) in [5, 5.41) is 0. The lowest BCUT2D eigenvalue weighted by Gasteiger charge is -2.39. The summed E-state index contributed by atoms with van der Waals surface area (Å²) in [6, 6.07) is 0. The minimum absolute atomic E-state index is 0.0987. The molecule has 0 aromatic heterocycles. The molecule has 0 atom stereocenters. The van der Waals surface area contributed by atoms with Crippen LogP contribution in [0.3, 0.4) is 0 Å². The molecule has 8 nitrogen and oxygen atoms in total. The van der Waals surface area contributed by atoms with Crippen LogP contribution in [0.4, 0.5) is 0 Å². The molecule has 124 valence electrons. The van der Waals surface area contributed by atoms with E-state index >= 15 is 0 Å². The first-order valence-electron chi connectivity index (χ1n) is 6.86. The van der Waals surface area contributed by atoms with Crippen molar-refractivity contribution in [1.82, 2.24) is 0 Å². The highest BCUT2D eigenvalue weighted by molar-refractivity contribution is 6.04. The van der Waals surface area contributed by atoms with Gasteiger partial charge in [0, 0.05) is 20.3 Å².